The fraction of sp³-hybridized carbons (Fsp3) is 0.556. The number of hydrogen-bond acceptors (Lipinski definition) is 6. The number of Topliss-reactive ketones (excluding diaryl/α,β-unsaturated/α-hetero) is 1. The predicted octanol–water partition coefficient (Wildman–Crippen LogP) is 2.80. The molecule has 0 heterocycles. The highest BCUT2D eigenvalue weighted by atomic mass is 32.2. The van der Waals surface area contributed by atoms with Gasteiger partial charge < -0.3 is 9.47 Å². The Hall–Kier alpha value is -1.73. The van der Waals surface area contributed by atoms with Crippen molar-refractivity contribution >= 4 is 21.6 Å². The van der Waals surface area contributed by atoms with Crippen molar-refractivity contribution in [3.8, 4) is 0 Å². The van der Waals surface area contributed by atoms with Crippen LogP contribution >= 0.6 is 0 Å². The Kier molecular flexibility index (Phi) is 7.31. The molecule has 7 heteroatoms. The molecule has 0 N–H and O–H groups in total. The van der Waals surface area contributed by atoms with Crippen LogP contribution in [-0.2, 0) is 24.1 Å². The van der Waals surface area contributed by atoms with Gasteiger partial charge in [0.25, 0.3) is 0 Å². The molecule has 1 rings (SSSR count). The van der Waals surface area contributed by atoms with Gasteiger partial charge in [0, 0.05) is 11.8 Å². The number of carbonyl (C=O) groups excluding carboxylic acids is 2. The standard InChI is InChI=1S/C18H26O6S/c1-6-11-18(4,24-16(19)12-23-13(2)3)17(20)14-7-9-15(10-8-14)25(5,21)22/h7-10,13H,6,11-12H2,1-5H3/t18-/m0/s1. The van der Waals surface area contributed by atoms with Gasteiger partial charge in [-0.1, -0.05) is 13.3 Å². The van der Waals surface area contributed by atoms with Gasteiger partial charge in [-0.05, 0) is 51.5 Å². The molecule has 140 valence electrons. The van der Waals surface area contributed by atoms with Crippen molar-refractivity contribution in [1.82, 2.24) is 0 Å². The molecule has 0 aliphatic heterocycles. The second-order valence-corrected chi connectivity index (χ2v) is 8.46. The van der Waals surface area contributed by atoms with E-state index in [1.165, 1.54) is 24.3 Å². The fourth-order valence-corrected chi connectivity index (χ4v) is 2.99. The highest BCUT2D eigenvalue weighted by molar-refractivity contribution is 7.90. The molecule has 1 aromatic carbocycles. The molecule has 0 saturated carbocycles. The molecule has 0 saturated heterocycles. The lowest BCUT2D eigenvalue weighted by Crippen LogP contribution is -2.41. The highest BCUT2D eigenvalue weighted by Gasteiger charge is 2.37. The van der Waals surface area contributed by atoms with Gasteiger partial charge in [0.2, 0.25) is 5.78 Å². The molecule has 0 spiro atoms. The van der Waals surface area contributed by atoms with Crippen LogP contribution in [-0.4, -0.2) is 44.7 Å². The summed E-state index contributed by atoms with van der Waals surface area (Å²) < 4.78 is 33.7. The predicted molar refractivity (Wildman–Crippen MR) is 94.4 cm³/mol. The van der Waals surface area contributed by atoms with Crippen LogP contribution in [0.5, 0.6) is 0 Å². The van der Waals surface area contributed by atoms with E-state index in [4.69, 9.17) is 9.47 Å². The lowest BCUT2D eigenvalue weighted by Gasteiger charge is -2.28. The van der Waals surface area contributed by atoms with Gasteiger partial charge in [0.15, 0.2) is 15.4 Å². The zero-order chi connectivity index (χ0) is 19.3. The number of rotatable bonds is 9. The van der Waals surface area contributed by atoms with Gasteiger partial charge in [-0.2, -0.15) is 0 Å². The fourth-order valence-electron chi connectivity index (χ4n) is 2.36. The van der Waals surface area contributed by atoms with E-state index >= 15 is 0 Å². The first-order valence-electron chi connectivity index (χ1n) is 8.18. The van der Waals surface area contributed by atoms with E-state index in [0.29, 0.717) is 18.4 Å². The zero-order valence-corrected chi connectivity index (χ0v) is 16.2. The van der Waals surface area contributed by atoms with E-state index in [1.807, 2.05) is 6.92 Å². The van der Waals surface area contributed by atoms with Crippen molar-refractivity contribution in [3.05, 3.63) is 29.8 Å². The maximum atomic E-state index is 12.8. The number of esters is 1. The first-order chi connectivity index (χ1) is 11.5. The van der Waals surface area contributed by atoms with Crippen molar-refractivity contribution in [2.75, 3.05) is 12.9 Å². The SMILES string of the molecule is CCC[C@](C)(OC(=O)COC(C)C)C(=O)c1ccc(S(C)(=O)=O)cc1. The second-order valence-electron chi connectivity index (χ2n) is 6.44. The molecule has 0 radical (unpaired) electrons. The van der Waals surface area contributed by atoms with Crippen LogP contribution in [0.1, 0.15) is 50.9 Å². The summed E-state index contributed by atoms with van der Waals surface area (Å²) in [7, 11) is -3.34. The van der Waals surface area contributed by atoms with Crippen molar-refractivity contribution in [1.29, 1.82) is 0 Å². The molecular weight excluding hydrogens is 344 g/mol. The van der Waals surface area contributed by atoms with Crippen LogP contribution in [0, 0.1) is 0 Å². The summed E-state index contributed by atoms with van der Waals surface area (Å²) in [4.78, 5) is 24.9. The molecule has 0 amide bonds. The Labute approximate surface area is 149 Å². The maximum Gasteiger partial charge on any atom is 0.333 e. The van der Waals surface area contributed by atoms with Crippen molar-refractivity contribution < 1.29 is 27.5 Å². The van der Waals surface area contributed by atoms with Crippen LogP contribution in [0.15, 0.2) is 29.2 Å². The van der Waals surface area contributed by atoms with Crippen molar-refractivity contribution in [3.63, 3.8) is 0 Å². The first-order valence-corrected chi connectivity index (χ1v) is 10.1. The van der Waals surface area contributed by atoms with Crippen molar-refractivity contribution in [2.24, 2.45) is 0 Å². The van der Waals surface area contributed by atoms with E-state index in [0.717, 1.165) is 6.26 Å². The summed E-state index contributed by atoms with van der Waals surface area (Å²) in [5.74, 6) is -0.974. The minimum Gasteiger partial charge on any atom is -0.449 e. The van der Waals surface area contributed by atoms with Crippen LogP contribution < -0.4 is 0 Å². The minimum atomic E-state index is -3.34. The monoisotopic (exact) mass is 370 g/mol. The van der Waals surface area contributed by atoms with Gasteiger partial charge in [0.05, 0.1) is 11.0 Å². The molecule has 0 aliphatic rings. The van der Waals surface area contributed by atoms with Crippen molar-refractivity contribution in [2.45, 2.75) is 57.1 Å². The van der Waals surface area contributed by atoms with E-state index in [-0.39, 0.29) is 23.4 Å². The average Bonchev–Trinajstić information content (AvgIpc) is 2.51. The van der Waals surface area contributed by atoms with Crippen LogP contribution in [0.3, 0.4) is 0 Å². The number of sulfone groups is 1. The summed E-state index contributed by atoms with van der Waals surface area (Å²) in [5, 5.41) is 0. The first kappa shape index (κ1) is 21.3. The Bertz CT molecular complexity index is 706. The molecule has 25 heavy (non-hydrogen) atoms. The summed E-state index contributed by atoms with van der Waals surface area (Å²) >= 11 is 0. The third-order valence-electron chi connectivity index (χ3n) is 3.63. The van der Waals surface area contributed by atoms with E-state index in [1.54, 1.807) is 20.8 Å². The maximum absolute atomic E-state index is 12.8. The zero-order valence-electron chi connectivity index (χ0n) is 15.4. The molecule has 1 aromatic rings. The third kappa shape index (κ3) is 6.25. The topological polar surface area (TPSA) is 86.7 Å². The second kappa shape index (κ2) is 8.58. The Morgan fingerprint density at radius 2 is 1.72 bits per heavy atom. The Morgan fingerprint density at radius 1 is 1.16 bits per heavy atom. The largest absolute Gasteiger partial charge is 0.449 e. The number of ketones is 1. The van der Waals surface area contributed by atoms with Gasteiger partial charge in [-0.15, -0.1) is 0 Å². The average molecular weight is 370 g/mol. The lowest BCUT2D eigenvalue weighted by molar-refractivity contribution is -0.161. The van der Waals surface area contributed by atoms with Crippen LogP contribution in [0.4, 0.5) is 0 Å². The van der Waals surface area contributed by atoms with Gasteiger partial charge in [0.1, 0.15) is 6.61 Å². The quantitative estimate of drug-likeness (QED) is 0.491. The summed E-state index contributed by atoms with van der Waals surface area (Å²) in [6, 6.07) is 5.62. The molecule has 1 atom stereocenters. The van der Waals surface area contributed by atoms with Gasteiger partial charge in [-0.25, -0.2) is 13.2 Å². The number of carbonyl (C=O) groups is 2. The van der Waals surface area contributed by atoms with Crippen LogP contribution in [0.2, 0.25) is 0 Å². The molecular formula is C18H26O6S. The van der Waals surface area contributed by atoms with E-state index in [2.05, 4.69) is 0 Å². The lowest BCUT2D eigenvalue weighted by atomic mass is 9.90. The number of ether oxygens (including phenoxy) is 2. The number of benzene rings is 1. The molecule has 0 aliphatic carbocycles. The van der Waals surface area contributed by atoms with Gasteiger partial charge >= 0.3 is 5.97 Å². The smallest absolute Gasteiger partial charge is 0.333 e. The summed E-state index contributed by atoms with van der Waals surface area (Å²) in [6.07, 6.45) is 1.97. The minimum absolute atomic E-state index is 0.121. The number of hydrogen-bond donors (Lipinski definition) is 0. The normalized spacial score (nSPS) is 14.2. The third-order valence-corrected chi connectivity index (χ3v) is 4.75. The summed E-state index contributed by atoms with van der Waals surface area (Å²) in [5.41, 5.74) is -1.03. The molecule has 6 nitrogen and oxygen atoms in total. The molecule has 0 aromatic heterocycles. The van der Waals surface area contributed by atoms with E-state index in [9.17, 15) is 18.0 Å². The molecule has 0 bridgehead atoms. The molecule has 0 unspecified atom stereocenters. The Balaban J connectivity index is 2.99. The molecule has 0 fully saturated rings. The van der Waals surface area contributed by atoms with E-state index < -0.39 is 21.4 Å². The summed E-state index contributed by atoms with van der Waals surface area (Å²) in [6.45, 7) is 6.82. The Morgan fingerprint density at radius 3 is 2.16 bits per heavy atom. The van der Waals surface area contributed by atoms with Gasteiger partial charge in [-0.3, -0.25) is 4.79 Å². The van der Waals surface area contributed by atoms with Crippen LogP contribution in [0.25, 0.3) is 0 Å². The highest BCUT2D eigenvalue weighted by Crippen LogP contribution is 2.24.